The lowest BCUT2D eigenvalue weighted by molar-refractivity contribution is -0.202. The Labute approximate surface area is 119 Å². The molecule has 0 aromatic rings. The summed E-state index contributed by atoms with van der Waals surface area (Å²) in [6, 6.07) is 0. The van der Waals surface area contributed by atoms with E-state index in [1.807, 2.05) is 0 Å². The molecule has 0 radical (unpaired) electrons. The van der Waals surface area contributed by atoms with E-state index in [2.05, 4.69) is 0 Å². The van der Waals surface area contributed by atoms with Crippen LogP contribution in [0.25, 0.3) is 0 Å². The zero-order valence-corrected chi connectivity index (χ0v) is 12.5. The molecule has 3 unspecified atom stereocenters. The molecule has 2 aliphatic rings. The maximum Gasteiger partial charge on any atom is 0.396 e. The Balaban J connectivity index is 0.00000162. The summed E-state index contributed by atoms with van der Waals surface area (Å²) in [5.74, 6) is -7.10. The minimum Gasteiger partial charge on any atom is -0.743 e. The molecule has 3 atom stereocenters. The summed E-state index contributed by atoms with van der Waals surface area (Å²) in [6.07, 6.45) is 1.42. The molecule has 0 saturated heterocycles. The van der Waals surface area contributed by atoms with Gasteiger partial charge in [0, 0.05) is 5.92 Å². The third-order valence-electron chi connectivity index (χ3n) is 3.91. The molecular formula is C9H13F4IO3S. The SMILES string of the molecule is O=S(=O)([O-])C(F)(F)C(F)(F)C1CC2CCC1C2.[IH2+]. The average Bonchev–Trinajstić information content (AvgIpc) is 2.76. The lowest BCUT2D eigenvalue weighted by Gasteiger charge is -2.36. The molecule has 108 valence electrons. The predicted octanol–water partition coefficient (Wildman–Crippen LogP) is -1.34. The fraction of sp³-hybridized carbons (Fsp3) is 1.00. The number of hydrogen-bond donors (Lipinski definition) is 0. The smallest absolute Gasteiger partial charge is 0.396 e. The predicted molar refractivity (Wildman–Crippen MR) is 51.3 cm³/mol. The van der Waals surface area contributed by atoms with Gasteiger partial charge in [-0.05, 0) is 31.1 Å². The maximum atomic E-state index is 13.5. The van der Waals surface area contributed by atoms with Crippen molar-refractivity contribution in [3.63, 3.8) is 0 Å². The summed E-state index contributed by atoms with van der Waals surface area (Å²) in [5, 5.41) is -5.52. The van der Waals surface area contributed by atoms with Crippen LogP contribution in [0.5, 0.6) is 0 Å². The molecule has 0 aromatic heterocycles. The zero-order chi connectivity index (χ0) is 13.1. The third-order valence-corrected chi connectivity index (χ3v) is 4.81. The number of fused-ring (bicyclic) bond motifs is 2. The van der Waals surface area contributed by atoms with Crippen LogP contribution < -0.4 is 24.0 Å². The first-order valence-electron chi connectivity index (χ1n) is 5.28. The first-order valence-corrected chi connectivity index (χ1v) is 6.69. The minimum absolute atomic E-state index is 0. The van der Waals surface area contributed by atoms with Gasteiger partial charge in [0.05, 0.1) is 0 Å². The van der Waals surface area contributed by atoms with Crippen molar-refractivity contribution in [3.05, 3.63) is 0 Å². The quantitative estimate of drug-likeness (QED) is 0.333. The molecule has 0 spiro atoms. The molecule has 2 saturated carbocycles. The maximum absolute atomic E-state index is 13.5. The molecule has 0 heterocycles. The van der Waals surface area contributed by atoms with Gasteiger partial charge in [-0.2, -0.15) is 17.6 Å². The van der Waals surface area contributed by atoms with E-state index < -0.39 is 33.1 Å². The van der Waals surface area contributed by atoms with Gasteiger partial charge in [-0.3, -0.25) is 0 Å². The number of alkyl halides is 4. The van der Waals surface area contributed by atoms with Crippen LogP contribution in [0, 0.1) is 17.8 Å². The summed E-state index contributed by atoms with van der Waals surface area (Å²) in [4.78, 5) is 0. The second-order valence-electron chi connectivity index (χ2n) is 4.88. The van der Waals surface area contributed by atoms with Crippen molar-refractivity contribution >= 4 is 10.1 Å². The van der Waals surface area contributed by atoms with Gasteiger partial charge in [0.1, 0.15) is 0 Å². The van der Waals surface area contributed by atoms with E-state index in [0.29, 0.717) is 19.3 Å². The van der Waals surface area contributed by atoms with Crippen molar-refractivity contribution < 1.29 is 54.5 Å². The molecule has 18 heavy (non-hydrogen) atoms. The van der Waals surface area contributed by atoms with E-state index in [1.165, 1.54) is 0 Å². The lowest BCUT2D eigenvalue weighted by Crippen LogP contribution is -3.00. The van der Waals surface area contributed by atoms with Crippen LogP contribution in [0.15, 0.2) is 0 Å². The highest BCUT2D eigenvalue weighted by atomic mass is 127. The fourth-order valence-corrected chi connectivity index (χ4v) is 3.56. The second-order valence-corrected chi connectivity index (χ2v) is 6.30. The molecule has 0 N–H and O–H groups in total. The summed E-state index contributed by atoms with van der Waals surface area (Å²) >= 11 is 0. The van der Waals surface area contributed by atoms with Crippen molar-refractivity contribution in [2.45, 2.75) is 36.9 Å². The van der Waals surface area contributed by atoms with E-state index in [0.717, 1.165) is 0 Å². The van der Waals surface area contributed by atoms with E-state index in [4.69, 9.17) is 0 Å². The van der Waals surface area contributed by atoms with Gasteiger partial charge in [0.25, 0.3) is 0 Å². The molecule has 2 fully saturated rings. The van der Waals surface area contributed by atoms with Gasteiger partial charge in [0.15, 0.2) is 10.1 Å². The Bertz CT molecular complexity index is 426. The highest BCUT2D eigenvalue weighted by Crippen LogP contribution is 2.57. The Kier molecular flexibility index (Phi) is 4.31. The largest absolute Gasteiger partial charge is 0.743 e. The van der Waals surface area contributed by atoms with Crippen LogP contribution in [0.2, 0.25) is 0 Å². The van der Waals surface area contributed by atoms with Gasteiger partial charge in [0.2, 0.25) is 24.0 Å². The molecule has 3 nitrogen and oxygen atoms in total. The van der Waals surface area contributed by atoms with Crippen molar-refractivity contribution in [2.24, 2.45) is 17.8 Å². The zero-order valence-electron chi connectivity index (χ0n) is 9.15. The van der Waals surface area contributed by atoms with Crippen LogP contribution in [0.1, 0.15) is 25.7 Å². The van der Waals surface area contributed by atoms with Gasteiger partial charge in [-0.25, -0.2) is 8.42 Å². The summed E-state index contributed by atoms with van der Waals surface area (Å²) in [5.41, 5.74) is 0. The Morgan fingerprint density at radius 2 is 1.61 bits per heavy atom. The molecule has 2 aliphatic carbocycles. The first-order chi connectivity index (χ1) is 7.57. The van der Waals surface area contributed by atoms with Crippen molar-refractivity contribution in [1.82, 2.24) is 0 Å². The topological polar surface area (TPSA) is 57.2 Å². The first kappa shape index (κ1) is 16.4. The van der Waals surface area contributed by atoms with Crippen LogP contribution in [-0.4, -0.2) is 24.1 Å². The van der Waals surface area contributed by atoms with Crippen LogP contribution >= 0.6 is 0 Å². The average molecular weight is 404 g/mol. The second kappa shape index (κ2) is 4.72. The van der Waals surface area contributed by atoms with Crippen LogP contribution in [0.4, 0.5) is 17.6 Å². The van der Waals surface area contributed by atoms with Gasteiger partial charge in [-0.1, -0.05) is 6.42 Å². The summed E-state index contributed by atoms with van der Waals surface area (Å²) < 4.78 is 84.0. The number of hydrogen-bond acceptors (Lipinski definition) is 3. The minimum atomic E-state index is -6.35. The van der Waals surface area contributed by atoms with Crippen molar-refractivity contribution in [1.29, 1.82) is 0 Å². The van der Waals surface area contributed by atoms with Crippen LogP contribution in [-0.2, 0) is 10.1 Å². The third kappa shape index (κ3) is 2.26. The molecule has 0 aromatic carbocycles. The van der Waals surface area contributed by atoms with E-state index >= 15 is 0 Å². The van der Waals surface area contributed by atoms with E-state index in [-0.39, 0.29) is 36.3 Å². The molecular weight excluding hydrogens is 391 g/mol. The molecule has 2 bridgehead atoms. The summed E-state index contributed by atoms with van der Waals surface area (Å²) in [7, 11) is -6.35. The number of rotatable bonds is 3. The monoisotopic (exact) mass is 404 g/mol. The normalized spacial score (nSPS) is 32.4. The standard InChI is InChI=1S/C9H12F4O3S.H2I/c10-8(11,9(12,13)17(14,15)16)7-4-5-1-2-6(7)3-5;/h5-7H,1-4H2,(H,14,15,16);1H2/q;+1/p-1. The number of halogens is 5. The van der Waals surface area contributed by atoms with Gasteiger partial charge < -0.3 is 4.55 Å². The van der Waals surface area contributed by atoms with E-state index in [1.54, 1.807) is 0 Å². The highest BCUT2D eigenvalue weighted by Gasteiger charge is 2.68. The van der Waals surface area contributed by atoms with Gasteiger partial charge >= 0.3 is 11.2 Å². The molecule has 2 rings (SSSR count). The Hall–Kier alpha value is 0.360. The van der Waals surface area contributed by atoms with Crippen molar-refractivity contribution in [2.75, 3.05) is 0 Å². The molecule has 0 aliphatic heterocycles. The fourth-order valence-electron chi connectivity index (χ4n) is 3.07. The molecule has 0 amide bonds. The molecule has 9 heteroatoms. The highest BCUT2D eigenvalue weighted by molar-refractivity contribution is 7.86. The Morgan fingerprint density at radius 1 is 1.06 bits per heavy atom. The Morgan fingerprint density at radius 3 is 1.94 bits per heavy atom. The van der Waals surface area contributed by atoms with Gasteiger partial charge in [-0.15, -0.1) is 0 Å². The van der Waals surface area contributed by atoms with E-state index in [9.17, 15) is 30.5 Å². The van der Waals surface area contributed by atoms with Crippen molar-refractivity contribution in [3.8, 4) is 0 Å². The lowest BCUT2D eigenvalue weighted by atomic mass is 9.84. The summed E-state index contributed by atoms with van der Waals surface area (Å²) in [6.45, 7) is 0. The van der Waals surface area contributed by atoms with Crippen LogP contribution in [0.3, 0.4) is 0 Å².